The van der Waals surface area contributed by atoms with Gasteiger partial charge in [-0.1, -0.05) is 40.5 Å². The molecule has 1 aliphatic rings. The Labute approximate surface area is 137 Å². The first kappa shape index (κ1) is 17.0. The van der Waals surface area contributed by atoms with E-state index in [1.165, 1.54) is 6.42 Å². The number of hydrogen-bond acceptors (Lipinski definition) is 2. The third-order valence-electron chi connectivity index (χ3n) is 5.02. The molecule has 1 aromatic rings. The molecule has 1 heterocycles. The van der Waals surface area contributed by atoms with E-state index in [1.54, 1.807) is 0 Å². The summed E-state index contributed by atoms with van der Waals surface area (Å²) < 4.78 is 3.02. The van der Waals surface area contributed by atoms with E-state index in [0.29, 0.717) is 12.3 Å². The van der Waals surface area contributed by atoms with Crippen LogP contribution in [0.2, 0.25) is 0 Å². The Morgan fingerprint density at radius 3 is 2.57 bits per heavy atom. The largest absolute Gasteiger partial charge is 0.389 e. The molecule has 0 aromatic carbocycles. The number of hydrogen-bond donors (Lipinski definition) is 1. The average Bonchev–Trinajstić information content (AvgIpc) is 2.65. The number of aliphatic hydroxyl groups is 1. The molecule has 0 saturated heterocycles. The van der Waals surface area contributed by atoms with Gasteiger partial charge in [-0.15, -0.1) is 0 Å². The number of aryl methyl sites for hydroxylation is 2. The summed E-state index contributed by atoms with van der Waals surface area (Å²) in [5.41, 5.74) is 1.73. The maximum Gasteiger partial charge on any atom is 0.0766 e. The molecule has 0 amide bonds. The molecule has 1 aromatic heterocycles. The number of rotatable bonds is 3. The molecule has 0 radical (unpaired) electrons. The van der Waals surface area contributed by atoms with Crippen LogP contribution < -0.4 is 0 Å². The highest BCUT2D eigenvalue weighted by Gasteiger charge is 2.45. The summed E-state index contributed by atoms with van der Waals surface area (Å²) in [5, 5.41) is 16.0. The summed E-state index contributed by atoms with van der Waals surface area (Å²) >= 11 is 3.69. The minimum atomic E-state index is -0.613. The molecule has 1 saturated carbocycles. The van der Waals surface area contributed by atoms with Gasteiger partial charge >= 0.3 is 0 Å². The van der Waals surface area contributed by atoms with Crippen molar-refractivity contribution in [3.63, 3.8) is 0 Å². The summed E-state index contributed by atoms with van der Waals surface area (Å²) in [5.74, 6) is 0.339. The second kappa shape index (κ2) is 6.04. The second-order valence-corrected chi connectivity index (χ2v) is 8.42. The van der Waals surface area contributed by atoms with Crippen molar-refractivity contribution < 1.29 is 5.11 Å². The lowest BCUT2D eigenvalue weighted by molar-refractivity contribution is -0.0900. The normalized spacial score (nSPS) is 27.1. The van der Waals surface area contributed by atoms with Crippen LogP contribution >= 0.6 is 15.9 Å². The predicted molar refractivity (Wildman–Crippen MR) is 90.4 cm³/mol. The highest BCUT2D eigenvalue weighted by molar-refractivity contribution is 9.10. The second-order valence-electron chi connectivity index (χ2n) is 7.63. The highest BCUT2D eigenvalue weighted by atomic mass is 79.9. The van der Waals surface area contributed by atoms with Gasteiger partial charge in [0.15, 0.2) is 0 Å². The molecule has 0 spiro atoms. The van der Waals surface area contributed by atoms with Crippen LogP contribution in [-0.2, 0) is 19.9 Å². The van der Waals surface area contributed by atoms with E-state index in [2.05, 4.69) is 48.7 Å². The maximum absolute atomic E-state index is 11.4. The van der Waals surface area contributed by atoms with Crippen LogP contribution in [0.5, 0.6) is 0 Å². The van der Waals surface area contributed by atoms with E-state index in [0.717, 1.165) is 41.5 Å². The SMILES string of the molecule is CCc1nn(C)c(CC2(O)CCCCC2C(C)(C)C)c1Br. The zero-order chi connectivity index (χ0) is 15.8. The zero-order valence-corrected chi connectivity index (χ0v) is 15.6. The van der Waals surface area contributed by atoms with Crippen molar-refractivity contribution in [1.82, 2.24) is 9.78 Å². The van der Waals surface area contributed by atoms with Gasteiger partial charge in [0.1, 0.15) is 0 Å². The molecule has 0 bridgehead atoms. The van der Waals surface area contributed by atoms with Gasteiger partial charge in [-0.05, 0) is 46.5 Å². The number of aromatic nitrogens is 2. The van der Waals surface area contributed by atoms with Crippen molar-refractivity contribution in [1.29, 1.82) is 0 Å². The Kier molecular flexibility index (Phi) is 4.89. The first-order chi connectivity index (χ1) is 9.69. The molecule has 2 rings (SSSR count). The van der Waals surface area contributed by atoms with Gasteiger partial charge in [-0.3, -0.25) is 4.68 Å². The summed E-state index contributed by atoms with van der Waals surface area (Å²) in [6.07, 6.45) is 5.98. The van der Waals surface area contributed by atoms with Crippen molar-refractivity contribution in [2.75, 3.05) is 0 Å². The number of nitrogens with zero attached hydrogens (tertiary/aromatic N) is 2. The lowest BCUT2D eigenvalue weighted by Gasteiger charge is -2.47. The van der Waals surface area contributed by atoms with Crippen molar-refractivity contribution in [2.24, 2.45) is 18.4 Å². The van der Waals surface area contributed by atoms with Crippen LogP contribution in [0.3, 0.4) is 0 Å². The van der Waals surface area contributed by atoms with Crippen LogP contribution in [0.25, 0.3) is 0 Å². The summed E-state index contributed by atoms with van der Waals surface area (Å²) in [4.78, 5) is 0. The fourth-order valence-electron chi connectivity index (χ4n) is 3.97. The smallest absolute Gasteiger partial charge is 0.0766 e. The summed E-state index contributed by atoms with van der Waals surface area (Å²) in [6.45, 7) is 8.88. The van der Waals surface area contributed by atoms with Crippen molar-refractivity contribution in [3.8, 4) is 0 Å². The van der Waals surface area contributed by atoms with Gasteiger partial charge in [-0.2, -0.15) is 5.10 Å². The van der Waals surface area contributed by atoms with Crippen molar-refractivity contribution in [3.05, 3.63) is 15.9 Å². The van der Waals surface area contributed by atoms with Gasteiger partial charge in [0.25, 0.3) is 0 Å². The molecule has 1 fully saturated rings. The van der Waals surface area contributed by atoms with Crippen molar-refractivity contribution in [2.45, 2.75) is 71.8 Å². The van der Waals surface area contributed by atoms with E-state index in [1.807, 2.05) is 11.7 Å². The third kappa shape index (κ3) is 3.37. The lowest BCUT2D eigenvalue weighted by atomic mass is 9.62. The fourth-order valence-corrected chi connectivity index (χ4v) is 4.73. The van der Waals surface area contributed by atoms with E-state index in [9.17, 15) is 5.11 Å². The number of halogens is 1. The van der Waals surface area contributed by atoms with E-state index in [-0.39, 0.29) is 5.41 Å². The quantitative estimate of drug-likeness (QED) is 0.878. The van der Waals surface area contributed by atoms with Crippen LogP contribution in [0, 0.1) is 11.3 Å². The Hall–Kier alpha value is -0.350. The first-order valence-corrected chi connectivity index (χ1v) is 8.91. The molecule has 21 heavy (non-hydrogen) atoms. The standard InChI is InChI=1S/C17H29BrN2O/c1-6-12-15(18)13(20(5)19-12)11-17(21)10-8-7-9-14(17)16(2,3)4/h14,21H,6-11H2,1-5H3. The topological polar surface area (TPSA) is 38.0 Å². The van der Waals surface area contributed by atoms with Gasteiger partial charge in [0.05, 0.1) is 21.5 Å². The van der Waals surface area contributed by atoms with Gasteiger partial charge in [-0.25, -0.2) is 0 Å². The molecule has 3 nitrogen and oxygen atoms in total. The highest BCUT2D eigenvalue weighted by Crippen LogP contribution is 2.46. The van der Waals surface area contributed by atoms with Gasteiger partial charge in [0.2, 0.25) is 0 Å². The van der Waals surface area contributed by atoms with Crippen molar-refractivity contribution >= 4 is 15.9 Å². The van der Waals surface area contributed by atoms with E-state index in [4.69, 9.17) is 0 Å². The molecular weight excluding hydrogens is 328 g/mol. The Balaban J connectivity index is 2.33. The van der Waals surface area contributed by atoms with Gasteiger partial charge in [0, 0.05) is 13.5 Å². The third-order valence-corrected chi connectivity index (χ3v) is 5.94. The zero-order valence-electron chi connectivity index (χ0n) is 14.0. The predicted octanol–water partition coefficient (Wildman–Crippen LogP) is 4.25. The van der Waals surface area contributed by atoms with Crippen LogP contribution in [-0.4, -0.2) is 20.5 Å². The Morgan fingerprint density at radius 2 is 2.05 bits per heavy atom. The molecule has 2 unspecified atom stereocenters. The molecule has 2 atom stereocenters. The monoisotopic (exact) mass is 356 g/mol. The van der Waals surface area contributed by atoms with Crippen LogP contribution in [0.4, 0.5) is 0 Å². The lowest BCUT2D eigenvalue weighted by Crippen LogP contribution is -2.48. The van der Waals surface area contributed by atoms with Crippen LogP contribution in [0.1, 0.15) is 64.8 Å². The summed E-state index contributed by atoms with van der Waals surface area (Å²) in [6, 6.07) is 0. The Bertz CT molecular complexity index is 504. The van der Waals surface area contributed by atoms with Gasteiger partial charge < -0.3 is 5.11 Å². The average molecular weight is 357 g/mol. The minimum Gasteiger partial charge on any atom is -0.389 e. The Morgan fingerprint density at radius 1 is 1.38 bits per heavy atom. The van der Waals surface area contributed by atoms with E-state index < -0.39 is 5.60 Å². The fraction of sp³-hybridized carbons (Fsp3) is 0.824. The van der Waals surface area contributed by atoms with Crippen LogP contribution in [0.15, 0.2) is 4.47 Å². The summed E-state index contributed by atoms with van der Waals surface area (Å²) in [7, 11) is 1.98. The molecule has 120 valence electrons. The minimum absolute atomic E-state index is 0.133. The molecular formula is C17H29BrN2O. The van der Waals surface area contributed by atoms with E-state index >= 15 is 0 Å². The molecule has 4 heteroatoms. The first-order valence-electron chi connectivity index (χ1n) is 8.11. The molecule has 1 N–H and O–H groups in total. The molecule has 0 aliphatic heterocycles. The molecule has 1 aliphatic carbocycles. The maximum atomic E-state index is 11.4.